The number of aromatic amines is 1. The van der Waals surface area contributed by atoms with Gasteiger partial charge in [0.2, 0.25) is 5.88 Å². The molecule has 2 N–H and O–H groups in total. The van der Waals surface area contributed by atoms with Crippen molar-refractivity contribution in [3.63, 3.8) is 0 Å². The van der Waals surface area contributed by atoms with E-state index in [1.807, 2.05) is 18.2 Å². The Morgan fingerprint density at radius 1 is 0.939 bits per heavy atom. The van der Waals surface area contributed by atoms with E-state index in [1.54, 1.807) is 42.7 Å². The molecule has 0 bridgehead atoms. The Bertz CT molecular complexity index is 1580. The lowest BCUT2D eigenvalue weighted by molar-refractivity contribution is 0.468. The number of nitrogens with one attached hydrogen (secondary N) is 2. The molecule has 0 saturated carbocycles. The van der Waals surface area contributed by atoms with Gasteiger partial charge in [-0.15, -0.1) is 0 Å². The van der Waals surface area contributed by atoms with Crippen LogP contribution in [0.4, 0.5) is 11.7 Å². The van der Waals surface area contributed by atoms with Crippen molar-refractivity contribution in [2.24, 2.45) is 0 Å². The Hall–Kier alpha value is -4.50. The van der Waals surface area contributed by atoms with Gasteiger partial charge in [0, 0.05) is 34.7 Å². The largest absolute Gasteiger partial charge is 0.438 e. The van der Waals surface area contributed by atoms with Crippen molar-refractivity contribution in [2.75, 3.05) is 5.32 Å². The smallest absolute Gasteiger partial charge is 0.300 e. The van der Waals surface area contributed by atoms with Crippen molar-refractivity contribution in [1.82, 2.24) is 29.9 Å². The van der Waals surface area contributed by atoms with Gasteiger partial charge in [-0.05, 0) is 42.5 Å². The minimum atomic E-state index is 0.370. The molecule has 4 heterocycles. The third kappa shape index (κ3) is 3.81. The van der Waals surface area contributed by atoms with Crippen LogP contribution in [0.2, 0.25) is 5.02 Å². The zero-order valence-corrected chi connectivity index (χ0v) is 17.6. The average Bonchev–Trinajstić information content (AvgIpc) is 3.45. The molecule has 160 valence electrons. The van der Waals surface area contributed by atoms with Crippen LogP contribution in [0.1, 0.15) is 0 Å². The van der Waals surface area contributed by atoms with Gasteiger partial charge in [-0.2, -0.15) is 4.98 Å². The Labute approximate surface area is 191 Å². The number of oxazole rings is 1. The van der Waals surface area contributed by atoms with Gasteiger partial charge in [-0.25, -0.2) is 19.9 Å². The molecular formula is C23H14ClN7O2. The molecule has 6 aromatic rings. The Kier molecular flexibility index (Phi) is 4.59. The highest BCUT2D eigenvalue weighted by Gasteiger charge is 2.13. The molecule has 0 saturated heterocycles. The van der Waals surface area contributed by atoms with E-state index in [1.165, 1.54) is 12.7 Å². The summed E-state index contributed by atoms with van der Waals surface area (Å²) < 4.78 is 11.8. The number of nitrogens with zero attached hydrogens (tertiary/aromatic N) is 5. The maximum absolute atomic E-state index is 6.07. The first-order chi connectivity index (χ1) is 16.2. The topological polar surface area (TPSA) is 115 Å². The van der Waals surface area contributed by atoms with E-state index in [4.69, 9.17) is 20.8 Å². The molecule has 10 heteroatoms. The SMILES string of the molecule is Clc1ccc(Nc2nc3cc(Oc4ncnc5[nH]c(-c6cncnc6)cc45)ccc3o2)cc1. The summed E-state index contributed by atoms with van der Waals surface area (Å²) in [6.45, 7) is 0. The lowest BCUT2D eigenvalue weighted by Crippen LogP contribution is -1.90. The quantitative estimate of drug-likeness (QED) is 0.338. The Morgan fingerprint density at radius 2 is 1.79 bits per heavy atom. The number of hydrogen-bond acceptors (Lipinski definition) is 8. The standard InChI is InChI=1S/C23H14ClN7O2/c24-14-1-3-15(4-2-14)29-23-31-19-7-16(5-6-20(19)33-23)32-22-17-8-18(13-9-25-11-26-10-13)30-21(17)27-12-28-22/h1-12H,(H,29,31)(H,27,28,30). The molecule has 0 spiro atoms. The number of hydrogen-bond donors (Lipinski definition) is 2. The van der Waals surface area contributed by atoms with Crippen LogP contribution in [-0.2, 0) is 0 Å². The number of H-pyrrole nitrogens is 1. The van der Waals surface area contributed by atoms with Gasteiger partial charge in [-0.3, -0.25) is 0 Å². The molecule has 6 rings (SSSR count). The molecular weight excluding hydrogens is 442 g/mol. The van der Waals surface area contributed by atoms with Crippen LogP contribution in [0, 0.1) is 0 Å². The van der Waals surface area contributed by atoms with E-state index in [9.17, 15) is 0 Å². The van der Waals surface area contributed by atoms with E-state index >= 15 is 0 Å². The first-order valence-corrected chi connectivity index (χ1v) is 10.3. The van der Waals surface area contributed by atoms with Crippen molar-refractivity contribution >= 4 is 45.4 Å². The summed E-state index contributed by atoms with van der Waals surface area (Å²) in [6, 6.07) is 14.9. The fraction of sp³-hybridized carbons (Fsp3) is 0. The van der Waals surface area contributed by atoms with Gasteiger partial charge in [0.15, 0.2) is 5.58 Å². The summed E-state index contributed by atoms with van der Waals surface area (Å²) in [5.41, 5.74) is 4.39. The number of ether oxygens (including phenoxy) is 1. The predicted molar refractivity (Wildman–Crippen MR) is 124 cm³/mol. The molecule has 0 atom stereocenters. The number of benzene rings is 2. The third-order valence-electron chi connectivity index (χ3n) is 4.93. The molecule has 2 aromatic carbocycles. The monoisotopic (exact) mass is 455 g/mol. The first-order valence-electron chi connectivity index (χ1n) is 9.91. The van der Waals surface area contributed by atoms with Crippen LogP contribution in [-0.4, -0.2) is 29.9 Å². The van der Waals surface area contributed by atoms with E-state index in [2.05, 4.69) is 35.2 Å². The second kappa shape index (κ2) is 7.88. The van der Waals surface area contributed by atoms with Gasteiger partial charge < -0.3 is 19.5 Å². The molecule has 0 fully saturated rings. The summed E-state index contributed by atoms with van der Waals surface area (Å²) in [4.78, 5) is 24.5. The van der Waals surface area contributed by atoms with E-state index in [0.29, 0.717) is 39.4 Å². The number of rotatable bonds is 5. The number of aromatic nitrogens is 6. The summed E-state index contributed by atoms with van der Waals surface area (Å²) in [7, 11) is 0. The van der Waals surface area contributed by atoms with Crippen LogP contribution in [0.15, 0.2) is 78.0 Å². The van der Waals surface area contributed by atoms with E-state index in [-0.39, 0.29) is 0 Å². The maximum Gasteiger partial charge on any atom is 0.300 e. The highest BCUT2D eigenvalue weighted by molar-refractivity contribution is 6.30. The van der Waals surface area contributed by atoms with Crippen LogP contribution in [0.3, 0.4) is 0 Å². The van der Waals surface area contributed by atoms with Gasteiger partial charge in [0.25, 0.3) is 6.01 Å². The number of halogens is 1. The summed E-state index contributed by atoms with van der Waals surface area (Å²) in [5.74, 6) is 0.987. The molecule has 0 aliphatic rings. The van der Waals surface area contributed by atoms with Crippen molar-refractivity contribution < 1.29 is 9.15 Å². The molecule has 4 aromatic heterocycles. The molecule has 0 unspecified atom stereocenters. The minimum Gasteiger partial charge on any atom is -0.438 e. The lowest BCUT2D eigenvalue weighted by Gasteiger charge is -2.04. The number of anilines is 2. The van der Waals surface area contributed by atoms with E-state index < -0.39 is 0 Å². The van der Waals surface area contributed by atoms with Crippen LogP contribution in [0.5, 0.6) is 11.6 Å². The molecule has 33 heavy (non-hydrogen) atoms. The fourth-order valence-corrected chi connectivity index (χ4v) is 3.51. The summed E-state index contributed by atoms with van der Waals surface area (Å²) in [5, 5.41) is 4.52. The fourth-order valence-electron chi connectivity index (χ4n) is 3.38. The normalized spacial score (nSPS) is 11.2. The highest BCUT2D eigenvalue weighted by atomic mass is 35.5. The third-order valence-corrected chi connectivity index (χ3v) is 5.18. The zero-order chi connectivity index (χ0) is 22.2. The zero-order valence-electron chi connectivity index (χ0n) is 16.9. The van der Waals surface area contributed by atoms with Gasteiger partial charge in [0.1, 0.15) is 29.6 Å². The maximum atomic E-state index is 6.07. The molecule has 0 aliphatic carbocycles. The molecule has 0 aliphatic heterocycles. The highest BCUT2D eigenvalue weighted by Crippen LogP contribution is 2.32. The van der Waals surface area contributed by atoms with Crippen LogP contribution in [0.25, 0.3) is 33.4 Å². The van der Waals surface area contributed by atoms with Crippen molar-refractivity contribution in [2.45, 2.75) is 0 Å². The van der Waals surface area contributed by atoms with Crippen LogP contribution < -0.4 is 10.1 Å². The summed E-state index contributed by atoms with van der Waals surface area (Å²) in [6.07, 6.45) is 6.37. The van der Waals surface area contributed by atoms with Crippen LogP contribution >= 0.6 is 11.6 Å². The minimum absolute atomic E-state index is 0.370. The average molecular weight is 456 g/mol. The first kappa shape index (κ1) is 19.2. The van der Waals surface area contributed by atoms with Gasteiger partial charge in [-0.1, -0.05) is 11.6 Å². The molecule has 9 nitrogen and oxygen atoms in total. The predicted octanol–water partition coefficient (Wildman–Crippen LogP) is 5.75. The van der Waals surface area contributed by atoms with Crippen molar-refractivity contribution in [3.05, 3.63) is 78.6 Å². The molecule has 0 amide bonds. The Morgan fingerprint density at radius 3 is 2.64 bits per heavy atom. The summed E-state index contributed by atoms with van der Waals surface area (Å²) >= 11 is 5.93. The second-order valence-electron chi connectivity index (χ2n) is 7.13. The second-order valence-corrected chi connectivity index (χ2v) is 7.57. The lowest BCUT2D eigenvalue weighted by atomic mass is 10.2. The van der Waals surface area contributed by atoms with Crippen molar-refractivity contribution in [1.29, 1.82) is 0 Å². The van der Waals surface area contributed by atoms with E-state index in [0.717, 1.165) is 22.3 Å². The Balaban J connectivity index is 1.29. The van der Waals surface area contributed by atoms with Crippen molar-refractivity contribution in [3.8, 4) is 22.9 Å². The van der Waals surface area contributed by atoms with Gasteiger partial charge in [0.05, 0.1) is 11.1 Å². The van der Waals surface area contributed by atoms with Gasteiger partial charge >= 0.3 is 0 Å². The molecule has 0 radical (unpaired) electrons. The number of fused-ring (bicyclic) bond motifs is 2.